The molecule has 102 valence electrons. The van der Waals surface area contributed by atoms with Crippen LogP contribution in [0.25, 0.3) is 6.08 Å². The minimum absolute atomic E-state index is 0.0505. The van der Waals surface area contributed by atoms with Gasteiger partial charge in [-0.15, -0.1) is 0 Å². The SMILES string of the molecule is COc1cc(/C=C/C(=O)c2ccc(O)cc2)ccc1O. The van der Waals surface area contributed by atoms with Gasteiger partial charge in [0.15, 0.2) is 17.3 Å². The minimum atomic E-state index is -0.169. The molecule has 0 saturated carbocycles. The quantitative estimate of drug-likeness (QED) is 0.662. The molecule has 0 amide bonds. The fraction of sp³-hybridized carbons (Fsp3) is 0.0625. The third kappa shape index (κ3) is 3.17. The molecule has 2 rings (SSSR count). The summed E-state index contributed by atoms with van der Waals surface area (Å²) in [5, 5.41) is 18.6. The Bertz CT molecular complexity index is 642. The largest absolute Gasteiger partial charge is 0.508 e. The maximum Gasteiger partial charge on any atom is 0.185 e. The number of carbonyl (C=O) groups is 1. The van der Waals surface area contributed by atoms with Crippen molar-refractivity contribution in [1.29, 1.82) is 0 Å². The molecule has 0 aliphatic rings. The molecule has 0 saturated heterocycles. The van der Waals surface area contributed by atoms with E-state index in [0.29, 0.717) is 11.3 Å². The van der Waals surface area contributed by atoms with Gasteiger partial charge in [0.1, 0.15) is 5.75 Å². The van der Waals surface area contributed by atoms with Crippen molar-refractivity contribution in [2.75, 3.05) is 7.11 Å². The maximum atomic E-state index is 11.9. The number of hydrogen-bond acceptors (Lipinski definition) is 4. The molecule has 4 heteroatoms. The molecular weight excluding hydrogens is 256 g/mol. The summed E-state index contributed by atoms with van der Waals surface area (Å²) in [6.45, 7) is 0. The van der Waals surface area contributed by atoms with Gasteiger partial charge in [-0.3, -0.25) is 4.79 Å². The number of methoxy groups -OCH3 is 1. The van der Waals surface area contributed by atoms with Crippen LogP contribution in [0.1, 0.15) is 15.9 Å². The molecule has 0 fully saturated rings. The molecule has 2 aromatic carbocycles. The lowest BCUT2D eigenvalue weighted by Crippen LogP contribution is -1.93. The lowest BCUT2D eigenvalue weighted by molar-refractivity contribution is 0.104. The summed E-state index contributed by atoms with van der Waals surface area (Å²) in [4.78, 5) is 11.9. The second-order valence-corrected chi connectivity index (χ2v) is 4.18. The highest BCUT2D eigenvalue weighted by Gasteiger charge is 2.03. The van der Waals surface area contributed by atoms with Gasteiger partial charge in [-0.05, 0) is 48.0 Å². The number of hydrogen-bond donors (Lipinski definition) is 2. The van der Waals surface area contributed by atoms with Gasteiger partial charge < -0.3 is 14.9 Å². The van der Waals surface area contributed by atoms with Crippen molar-refractivity contribution in [3.63, 3.8) is 0 Å². The Morgan fingerprint density at radius 1 is 1.10 bits per heavy atom. The van der Waals surface area contributed by atoms with Crippen molar-refractivity contribution in [3.8, 4) is 17.2 Å². The van der Waals surface area contributed by atoms with Gasteiger partial charge in [-0.2, -0.15) is 0 Å². The molecule has 0 unspecified atom stereocenters. The highest BCUT2D eigenvalue weighted by atomic mass is 16.5. The van der Waals surface area contributed by atoms with E-state index >= 15 is 0 Å². The third-order valence-corrected chi connectivity index (χ3v) is 2.78. The van der Waals surface area contributed by atoms with Crippen molar-refractivity contribution in [3.05, 3.63) is 59.7 Å². The molecule has 2 N–H and O–H groups in total. The summed E-state index contributed by atoms with van der Waals surface area (Å²) in [6, 6.07) is 10.9. The third-order valence-electron chi connectivity index (χ3n) is 2.78. The number of phenols is 2. The Hall–Kier alpha value is -2.75. The van der Waals surface area contributed by atoms with E-state index in [1.165, 1.54) is 31.4 Å². The van der Waals surface area contributed by atoms with E-state index in [9.17, 15) is 9.90 Å². The molecule has 0 aliphatic carbocycles. The second kappa shape index (κ2) is 5.93. The Morgan fingerprint density at radius 2 is 1.80 bits per heavy atom. The highest BCUT2D eigenvalue weighted by Crippen LogP contribution is 2.26. The zero-order valence-corrected chi connectivity index (χ0v) is 10.9. The molecule has 0 atom stereocenters. The smallest absolute Gasteiger partial charge is 0.185 e. The van der Waals surface area contributed by atoms with Crippen LogP contribution in [0.2, 0.25) is 0 Å². The molecule has 0 aromatic heterocycles. The van der Waals surface area contributed by atoms with Crippen LogP contribution < -0.4 is 4.74 Å². The van der Waals surface area contributed by atoms with Crippen molar-refractivity contribution >= 4 is 11.9 Å². The average molecular weight is 270 g/mol. The van der Waals surface area contributed by atoms with Crippen LogP contribution in [0.4, 0.5) is 0 Å². The fourth-order valence-corrected chi connectivity index (χ4v) is 1.69. The maximum absolute atomic E-state index is 11.9. The topological polar surface area (TPSA) is 66.8 Å². The molecule has 0 aliphatic heterocycles. The van der Waals surface area contributed by atoms with Gasteiger partial charge in [0.2, 0.25) is 0 Å². The first kappa shape index (κ1) is 13.7. The second-order valence-electron chi connectivity index (χ2n) is 4.18. The number of benzene rings is 2. The molecule has 4 nitrogen and oxygen atoms in total. The molecule has 20 heavy (non-hydrogen) atoms. The van der Waals surface area contributed by atoms with Gasteiger partial charge >= 0.3 is 0 Å². The zero-order valence-electron chi connectivity index (χ0n) is 10.9. The Morgan fingerprint density at radius 3 is 2.45 bits per heavy atom. The molecule has 2 aromatic rings. The number of ether oxygens (including phenoxy) is 1. The number of allylic oxidation sites excluding steroid dienone is 1. The van der Waals surface area contributed by atoms with Gasteiger partial charge in [0.25, 0.3) is 0 Å². The van der Waals surface area contributed by atoms with Gasteiger partial charge in [0.05, 0.1) is 7.11 Å². The van der Waals surface area contributed by atoms with Crippen LogP contribution in [0.3, 0.4) is 0 Å². The molecule has 0 heterocycles. The van der Waals surface area contributed by atoms with Crippen molar-refractivity contribution in [1.82, 2.24) is 0 Å². The first-order valence-corrected chi connectivity index (χ1v) is 5.98. The fourth-order valence-electron chi connectivity index (χ4n) is 1.69. The average Bonchev–Trinajstić information content (AvgIpc) is 2.46. The van der Waals surface area contributed by atoms with Crippen LogP contribution in [0.15, 0.2) is 48.5 Å². The van der Waals surface area contributed by atoms with E-state index in [4.69, 9.17) is 9.84 Å². The first-order valence-electron chi connectivity index (χ1n) is 5.98. The van der Waals surface area contributed by atoms with Crippen LogP contribution in [0.5, 0.6) is 17.2 Å². The highest BCUT2D eigenvalue weighted by molar-refractivity contribution is 6.06. The van der Waals surface area contributed by atoms with Gasteiger partial charge in [0, 0.05) is 5.56 Å². The number of ketones is 1. The minimum Gasteiger partial charge on any atom is -0.508 e. The normalized spacial score (nSPS) is 10.7. The molecule has 0 bridgehead atoms. The van der Waals surface area contributed by atoms with E-state index in [0.717, 1.165) is 5.56 Å². The predicted octanol–water partition coefficient (Wildman–Crippen LogP) is 3.00. The van der Waals surface area contributed by atoms with Crippen LogP contribution in [-0.2, 0) is 0 Å². The van der Waals surface area contributed by atoms with E-state index in [-0.39, 0.29) is 17.3 Å². The van der Waals surface area contributed by atoms with E-state index in [1.54, 1.807) is 30.3 Å². The molecule has 0 radical (unpaired) electrons. The lowest BCUT2D eigenvalue weighted by atomic mass is 10.1. The van der Waals surface area contributed by atoms with Crippen molar-refractivity contribution < 1.29 is 19.7 Å². The Balaban J connectivity index is 2.16. The summed E-state index contributed by atoms with van der Waals surface area (Å²) in [5.41, 5.74) is 1.23. The number of phenolic OH excluding ortho intramolecular Hbond substituents is 2. The Labute approximate surface area is 116 Å². The summed E-state index contributed by atoms with van der Waals surface area (Å²) in [7, 11) is 1.46. The van der Waals surface area contributed by atoms with Crippen LogP contribution in [-0.4, -0.2) is 23.1 Å². The molecule has 0 spiro atoms. The summed E-state index contributed by atoms with van der Waals surface area (Å²) in [5.74, 6) is 0.351. The first-order chi connectivity index (χ1) is 9.60. The predicted molar refractivity (Wildman–Crippen MR) is 76.1 cm³/mol. The van der Waals surface area contributed by atoms with Crippen LogP contribution in [0, 0.1) is 0 Å². The van der Waals surface area contributed by atoms with Gasteiger partial charge in [-0.1, -0.05) is 12.1 Å². The number of aromatic hydroxyl groups is 2. The number of rotatable bonds is 4. The lowest BCUT2D eigenvalue weighted by Gasteiger charge is -2.03. The van der Waals surface area contributed by atoms with E-state index < -0.39 is 0 Å². The van der Waals surface area contributed by atoms with Gasteiger partial charge in [-0.25, -0.2) is 0 Å². The summed E-state index contributed by atoms with van der Waals surface area (Å²) < 4.78 is 4.99. The summed E-state index contributed by atoms with van der Waals surface area (Å²) >= 11 is 0. The van der Waals surface area contributed by atoms with Crippen molar-refractivity contribution in [2.45, 2.75) is 0 Å². The Kier molecular flexibility index (Phi) is 4.05. The van der Waals surface area contributed by atoms with E-state index in [1.807, 2.05) is 0 Å². The summed E-state index contributed by atoms with van der Waals surface area (Å²) in [6.07, 6.45) is 3.06. The standard InChI is InChI=1S/C16H14O4/c1-20-16-10-11(3-9-15(16)19)2-8-14(18)12-4-6-13(17)7-5-12/h2-10,17,19H,1H3/b8-2+. The van der Waals surface area contributed by atoms with Crippen molar-refractivity contribution in [2.24, 2.45) is 0 Å². The zero-order chi connectivity index (χ0) is 14.5. The number of carbonyl (C=O) groups excluding carboxylic acids is 1. The van der Waals surface area contributed by atoms with E-state index in [2.05, 4.69) is 0 Å². The monoisotopic (exact) mass is 270 g/mol. The van der Waals surface area contributed by atoms with Crippen LogP contribution >= 0.6 is 0 Å². The molecular formula is C16H14O4.